The summed E-state index contributed by atoms with van der Waals surface area (Å²) in [6.45, 7) is 4.65. The average Bonchev–Trinajstić information content (AvgIpc) is 2.86. The lowest BCUT2D eigenvalue weighted by Crippen LogP contribution is -2.38. The maximum atomic E-state index is 12.5. The first-order valence-corrected chi connectivity index (χ1v) is 9.42. The van der Waals surface area contributed by atoms with Crippen LogP contribution in [0, 0.1) is 11.8 Å². The van der Waals surface area contributed by atoms with Crippen molar-refractivity contribution in [3.63, 3.8) is 0 Å². The molecule has 5 heteroatoms. The molecular formula is C20H27NO4. The Morgan fingerprint density at radius 2 is 1.80 bits per heavy atom. The monoisotopic (exact) mass is 345 g/mol. The standard InChI is InChI=1S/C20H27NO4/c1-16-17(20(25-18(16)22)10-4-2-5-11-20)19(23)24-15-9-8-14-21-12-6-3-7-13-21/h2-7,10-15H2,1H3. The number of hydrogen-bond donors (Lipinski definition) is 0. The summed E-state index contributed by atoms with van der Waals surface area (Å²) in [5.41, 5.74) is 0.0702. The number of carbonyl (C=O) groups is 2. The smallest absolute Gasteiger partial charge is 0.339 e. The van der Waals surface area contributed by atoms with E-state index >= 15 is 0 Å². The second-order valence-electron chi connectivity index (χ2n) is 7.21. The van der Waals surface area contributed by atoms with Crippen LogP contribution in [0.15, 0.2) is 11.1 Å². The van der Waals surface area contributed by atoms with Crippen molar-refractivity contribution in [2.45, 2.75) is 63.9 Å². The number of esters is 2. The molecule has 0 aromatic heterocycles. The highest BCUT2D eigenvalue weighted by Crippen LogP contribution is 2.44. The zero-order valence-electron chi connectivity index (χ0n) is 15.1. The van der Waals surface area contributed by atoms with Gasteiger partial charge in [0, 0.05) is 5.57 Å². The van der Waals surface area contributed by atoms with Crippen LogP contribution in [0.2, 0.25) is 0 Å². The summed E-state index contributed by atoms with van der Waals surface area (Å²) in [5, 5.41) is 0. The van der Waals surface area contributed by atoms with Gasteiger partial charge in [-0.1, -0.05) is 24.7 Å². The molecule has 0 amide bonds. The third-order valence-electron chi connectivity index (χ3n) is 5.44. The number of likely N-dealkylation sites (tertiary alicyclic amines) is 1. The summed E-state index contributed by atoms with van der Waals surface area (Å²) >= 11 is 0. The van der Waals surface area contributed by atoms with E-state index in [0.29, 0.717) is 24.0 Å². The van der Waals surface area contributed by atoms with Gasteiger partial charge in [-0.3, -0.25) is 4.90 Å². The molecule has 0 atom stereocenters. The Kier molecular flexibility index (Phi) is 5.80. The van der Waals surface area contributed by atoms with E-state index in [-0.39, 0.29) is 12.6 Å². The summed E-state index contributed by atoms with van der Waals surface area (Å²) < 4.78 is 10.9. The lowest BCUT2D eigenvalue weighted by Gasteiger charge is -2.33. The van der Waals surface area contributed by atoms with Crippen molar-refractivity contribution < 1.29 is 19.1 Å². The molecule has 136 valence electrons. The Morgan fingerprint density at radius 1 is 1.12 bits per heavy atom. The van der Waals surface area contributed by atoms with Gasteiger partial charge >= 0.3 is 11.9 Å². The number of nitrogens with zero attached hydrogens (tertiary/aromatic N) is 1. The number of hydrogen-bond acceptors (Lipinski definition) is 5. The first-order chi connectivity index (χ1) is 12.1. The van der Waals surface area contributed by atoms with Gasteiger partial charge in [-0.05, 0) is 58.5 Å². The van der Waals surface area contributed by atoms with Gasteiger partial charge in [-0.25, -0.2) is 9.59 Å². The van der Waals surface area contributed by atoms with Gasteiger partial charge < -0.3 is 9.47 Å². The summed E-state index contributed by atoms with van der Waals surface area (Å²) in [5.74, 6) is 5.17. The number of piperidine rings is 1. The van der Waals surface area contributed by atoms with Gasteiger partial charge in [0.05, 0.1) is 12.1 Å². The minimum Gasteiger partial charge on any atom is -0.451 e. The Hall–Kier alpha value is -1.80. The average molecular weight is 345 g/mol. The Bertz CT molecular complexity index is 613. The summed E-state index contributed by atoms with van der Waals surface area (Å²) in [6, 6.07) is 0. The molecule has 3 rings (SSSR count). The van der Waals surface area contributed by atoms with Crippen LogP contribution >= 0.6 is 0 Å². The molecule has 2 heterocycles. The number of rotatable bonds is 3. The SMILES string of the molecule is CC1=C(C(=O)OCC#CCN2CCCCC2)C2(CCCCC2)OC1=O. The van der Waals surface area contributed by atoms with Crippen molar-refractivity contribution in [1.29, 1.82) is 0 Å². The molecule has 0 bridgehead atoms. The first-order valence-electron chi connectivity index (χ1n) is 9.42. The Balaban J connectivity index is 1.55. The lowest BCUT2D eigenvalue weighted by molar-refractivity contribution is -0.151. The molecular weight excluding hydrogens is 318 g/mol. The molecule has 0 N–H and O–H groups in total. The Morgan fingerprint density at radius 3 is 2.52 bits per heavy atom. The van der Waals surface area contributed by atoms with Crippen molar-refractivity contribution in [2.75, 3.05) is 26.2 Å². The van der Waals surface area contributed by atoms with E-state index in [0.717, 1.165) is 38.9 Å². The predicted molar refractivity (Wildman–Crippen MR) is 93.6 cm³/mol. The Labute approximate surface area is 149 Å². The van der Waals surface area contributed by atoms with Crippen molar-refractivity contribution in [3.05, 3.63) is 11.1 Å². The molecule has 2 aliphatic heterocycles. The van der Waals surface area contributed by atoms with Gasteiger partial charge in [0.15, 0.2) is 6.61 Å². The van der Waals surface area contributed by atoms with E-state index in [1.807, 2.05) is 0 Å². The molecule has 2 fully saturated rings. The van der Waals surface area contributed by atoms with E-state index in [4.69, 9.17) is 9.47 Å². The van der Waals surface area contributed by atoms with Crippen LogP contribution in [-0.2, 0) is 19.1 Å². The van der Waals surface area contributed by atoms with Gasteiger partial charge in [0.1, 0.15) is 5.60 Å². The highest BCUT2D eigenvalue weighted by molar-refractivity contribution is 6.05. The van der Waals surface area contributed by atoms with Crippen molar-refractivity contribution >= 4 is 11.9 Å². The molecule has 3 aliphatic rings. The second kappa shape index (κ2) is 8.05. The van der Waals surface area contributed by atoms with Crippen LogP contribution in [0.1, 0.15) is 58.3 Å². The highest BCUT2D eigenvalue weighted by atomic mass is 16.6. The first kappa shape index (κ1) is 18.0. The van der Waals surface area contributed by atoms with Crippen LogP contribution in [-0.4, -0.2) is 48.7 Å². The molecule has 25 heavy (non-hydrogen) atoms. The largest absolute Gasteiger partial charge is 0.451 e. The van der Waals surface area contributed by atoms with E-state index in [1.165, 1.54) is 19.3 Å². The maximum Gasteiger partial charge on any atom is 0.339 e. The van der Waals surface area contributed by atoms with Crippen LogP contribution in [0.5, 0.6) is 0 Å². The summed E-state index contributed by atoms with van der Waals surface area (Å²) in [4.78, 5) is 26.9. The molecule has 1 saturated carbocycles. The zero-order chi connectivity index (χ0) is 17.7. The fraction of sp³-hybridized carbons (Fsp3) is 0.700. The molecule has 0 aromatic rings. The molecule has 0 aromatic carbocycles. The van der Waals surface area contributed by atoms with E-state index in [1.54, 1.807) is 6.92 Å². The normalized spacial score (nSPS) is 23.2. The lowest BCUT2D eigenvalue weighted by atomic mass is 9.79. The van der Waals surface area contributed by atoms with Crippen molar-refractivity contribution in [1.82, 2.24) is 4.90 Å². The van der Waals surface area contributed by atoms with Crippen LogP contribution in [0.4, 0.5) is 0 Å². The van der Waals surface area contributed by atoms with E-state index in [9.17, 15) is 9.59 Å². The molecule has 0 radical (unpaired) electrons. The minimum absolute atomic E-state index is 0.0632. The summed E-state index contributed by atoms with van der Waals surface area (Å²) in [6.07, 6.45) is 8.24. The molecule has 5 nitrogen and oxygen atoms in total. The van der Waals surface area contributed by atoms with Gasteiger partial charge in [0.2, 0.25) is 0 Å². The van der Waals surface area contributed by atoms with Gasteiger partial charge in [-0.2, -0.15) is 0 Å². The third kappa shape index (κ3) is 4.07. The molecule has 1 saturated heterocycles. The van der Waals surface area contributed by atoms with E-state index < -0.39 is 11.6 Å². The molecule has 1 spiro atoms. The number of carbonyl (C=O) groups excluding carboxylic acids is 2. The third-order valence-corrected chi connectivity index (χ3v) is 5.44. The van der Waals surface area contributed by atoms with Crippen LogP contribution < -0.4 is 0 Å². The maximum absolute atomic E-state index is 12.5. The fourth-order valence-electron chi connectivity index (χ4n) is 4.07. The summed E-state index contributed by atoms with van der Waals surface area (Å²) in [7, 11) is 0. The minimum atomic E-state index is -0.752. The van der Waals surface area contributed by atoms with E-state index in [2.05, 4.69) is 16.7 Å². The highest BCUT2D eigenvalue weighted by Gasteiger charge is 2.50. The second-order valence-corrected chi connectivity index (χ2v) is 7.21. The quantitative estimate of drug-likeness (QED) is 0.581. The van der Waals surface area contributed by atoms with Crippen LogP contribution in [0.3, 0.4) is 0 Å². The molecule has 1 aliphatic carbocycles. The van der Waals surface area contributed by atoms with Gasteiger partial charge in [0.25, 0.3) is 0 Å². The van der Waals surface area contributed by atoms with Gasteiger partial charge in [-0.15, -0.1) is 0 Å². The van der Waals surface area contributed by atoms with Crippen LogP contribution in [0.25, 0.3) is 0 Å². The van der Waals surface area contributed by atoms with Crippen molar-refractivity contribution in [2.24, 2.45) is 0 Å². The number of ether oxygens (including phenoxy) is 2. The topological polar surface area (TPSA) is 55.8 Å². The fourth-order valence-corrected chi connectivity index (χ4v) is 4.07. The van der Waals surface area contributed by atoms with Crippen molar-refractivity contribution in [3.8, 4) is 11.8 Å². The molecule has 0 unspecified atom stereocenters. The zero-order valence-corrected chi connectivity index (χ0v) is 15.1. The predicted octanol–water partition coefficient (Wildman–Crippen LogP) is 2.60.